The second-order valence-corrected chi connectivity index (χ2v) is 14.3. The summed E-state index contributed by atoms with van der Waals surface area (Å²) < 4.78 is 31.8. The van der Waals surface area contributed by atoms with Crippen LogP contribution < -0.4 is 21.4 Å². The third-order valence-electron chi connectivity index (χ3n) is 9.51. The highest BCUT2D eigenvalue weighted by Crippen LogP contribution is 2.42. The van der Waals surface area contributed by atoms with E-state index in [4.69, 9.17) is 35.3 Å². The lowest BCUT2D eigenvalue weighted by Gasteiger charge is -2.18. The number of fused-ring (bicyclic) bond motifs is 5. The van der Waals surface area contributed by atoms with Crippen LogP contribution in [0.3, 0.4) is 0 Å². The SMILES string of the molecule is Cn1cc2c(nc(NCCCOCCOCCOCCCNC(=S)Nc3ccc(-c4c5ccc(=O)cc-5oc5cc(O)ccc45)c(C(=O)O)c3)n3nc(-c4ccco4)nc23)n1. The van der Waals surface area contributed by atoms with E-state index in [-0.39, 0.29) is 22.5 Å². The summed E-state index contributed by atoms with van der Waals surface area (Å²) in [6.07, 6.45) is 4.85. The molecule has 2 aromatic carbocycles. The van der Waals surface area contributed by atoms with Crippen LogP contribution in [0.5, 0.6) is 5.75 Å². The van der Waals surface area contributed by atoms with Gasteiger partial charge in [-0.1, -0.05) is 6.07 Å². The first-order chi connectivity index (χ1) is 29.7. The van der Waals surface area contributed by atoms with Crippen molar-refractivity contribution in [1.29, 1.82) is 0 Å². The van der Waals surface area contributed by atoms with Gasteiger partial charge in [0, 0.05) is 73.9 Å². The number of aromatic carboxylic acids is 1. The van der Waals surface area contributed by atoms with Crippen LogP contribution in [0.4, 0.5) is 11.6 Å². The zero-order chi connectivity index (χ0) is 42.3. The summed E-state index contributed by atoms with van der Waals surface area (Å²) >= 11 is 5.46. The van der Waals surface area contributed by atoms with E-state index in [1.807, 2.05) is 19.3 Å². The number of anilines is 2. The number of carboxylic acid groups (broad SMARTS) is 1. The molecule has 2 aliphatic rings. The number of hydrogen-bond donors (Lipinski definition) is 5. The van der Waals surface area contributed by atoms with Gasteiger partial charge in [-0.25, -0.2) is 9.78 Å². The molecule has 0 bridgehead atoms. The van der Waals surface area contributed by atoms with Gasteiger partial charge in [-0.05, 0) is 79.2 Å². The first-order valence-corrected chi connectivity index (χ1v) is 19.9. The molecule has 0 saturated carbocycles. The van der Waals surface area contributed by atoms with E-state index in [2.05, 4.69) is 36.1 Å². The number of benzene rings is 3. The van der Waals surface area contributed by atoms with Crippen LogP contribution >= 0.6 is 12.2 Å². The maximum Gasteiger partial charge on any atom is 0.336 e. The van der Waals surface area contributed by atoms with Crippen LogP contribution in [0.1, 0.15) is 23.2 Å². The van der Waals surface area contributed by atoms with E-state index < -0.39 is 5.97 Å². The Labute approximate surface area is 352 Å². The van der Waals surface area contributed by atoms with E-state index in [9.17, 15) is 19.8 Å². The molecule has 0 fully saturated rings. The lowest BCUT2D eigenvalue weighted by Crippen LogP contribution is -2.30. The topological polar surface area (TPSA) is 226 Å². The van der Waals surface area contributed by atoms with Crippen LogP contribution in [0.25, 0.3) is 61.7 Å². The lowest BCUT2D eigenvalue weighted by molar-refractivity contribution is 0.0143. The molecule has 0 spiro atoms. The van der Waals surface area contributed by atoms with E-state index in [1.54, 1.807) is 45.8 Å². The Morgan fingerprint density at radius 2 is 1.62 bits per heavy atom. The predicted octanol–water partition coefficient (Wildman–Crippen LogP) is 5.78. The molecule has 61 heavy (non-hydrogen) atoms. The zero-order valence-corrected chi connectivity index (χ0v) is 33.7. The second-order valence-electron chi connectivity index (χ2n) is 13.9. The molecule has 4 aromatic heterocycles. The Hall–Kier alpha value is -6.93. The van der Waals surface area contributed by atoms with Crippen molar-refractivity contribution >= 4 is 62.6 Å². The van der Waals surface area contributed by atoms with Crippen molar-refractivity contribution in [3.8, 4) is 39.8 Å². The van der Waals surface area contributed by atoms with E-state index in [0.29, 0.717) is 126 Å². The number of rotatable bonds is 19. The molecule has 0 unspecified atom stereocenters. The molecule has 6 aromatic rings. The summed E-state index contributed by atoms with van der Waals surface area (Å²) in [6.45, 7) is 3.91. The molecule has 314 valence electrons. The first-order valence-electron chi connectivity index (χ1n) is 19.4. The molecule has 1 aliphatic carbocycles. The number of aromatic hydroxyl groups is 1. The summed E-state index contributed by atoms with van der Waals surface area (Å²) in [7, 11) is 1.84. The van der Waals surface area contributed by atoms with Gasteiger partial charge < -0.3 is 49.2 Å². The van der Waals surface area contributed by atoms with Crippen molar-refractivity contribution < 1.29 is 38.1 Å². The number of nitrogens with zero attached hydrogens (tertiary/aromatic N) is 6. The Balaban J connectivity index is 0.713. The highest BCUT2D eigenvalue weighted by Gasteiger charge is 2.23. The summed E-state index contributed by atoms with van der Waals surface area (Å²) in [5, 5.41) is 40.5. The Kier molecular flexibility index (Phi) is 12.4. The third-order valence-corrected chi connectivity index (χ3v) is 9.76. The van der Waals surface area contributed by atoms with Gasteiger partial charge in [-0.15, -0.1) is 5.10 Å². The minimum absolute atomic E-state index is 0.0140. The highest BCUT2D eigenvalue weighted by molar-refractivity contribution is 7.80. The number of thiocarbonyl (C=S) groups is 1. The molecule has 19 heteroatoms. The van der Waals surface area contributed by atoms with Crippen LogP contribution in [0.2, 0.25) is 0 Å². The zero-order valence-electron chi connectivity index (χ0n) is 32.9. The molecule has 5 heterocycles. The summed E-state index contributed by atoms with van der Waals surface area (Å²) in [6, 6.07) is 17.4. The summed E-state index contributed by atoms with van der Waals surface area (Å²) in [5.41, 5.74) is 3.27. The van der Waals surface area contributed by atoms with E-state index in [0.717, 1.165) is 11.8 Å². The Morgan fingerprint density at radius 3 is 2.39 bits per heavy atom. The summed E-state index contributed by atoms with van der Waals surface area (Å²) in [5.74, 6) is 0.650. The van der Waals surface area contributed by atoms with Gasteiger partial charge in [0.15, 0.2) is 27.6 Å². The van der Waals surface area contributed by atoms with Gasteiger partial charge in [-0.3, -0.25) is 9.48 Å². The molecule has 0 radical (unpaired) electrons. The molecule has 8 rings (SSSR count). The average molecular weight is 848 g/mol. The van der Waals surface area contributed by atoms with Gasteiger partial charge in [0.1, 0.15) is 17.1 Å². The van der Waals surface area contributed by atoms with E-state index >= 15 is 0 Å². The number of furan rings is 1. The number of phenols is 1. The summed E-state index contributed by atoms with van der Waals surface area (Å²) in [4.78, 5) is 34.0. The maximum atomic E-state index is 12.5. The number of aromatic nitrogens is 6. The minimum Gasteiger partial charge on any atom is -0.508 e. The maximum absolute atomic E-state index is 12.5. The normalized spacial score (nSPS) is 11.6. The number of hydrogen-bond acceptors (Lipinski definition) is 14. The van der Waals surface area contributed by atoms with Crippen molar-refractivity contribution in [2.75, 3.05) is 63.4 Å². The fourth-order valence-corrected chi connectivity index (χ4v) is 6.98. The number of carboxylic acids is 1. The number of nitrogens with one attached hydrogen (secondary N) is 3. The third kappa shape index (κ3) is 9.44. The molecule has 0 atom stereocenters. The minimum atomic E-state index is -1.15. The number of ether oxygens (including phenoxy) is 3. The molecule has 5 N–H and O–H groups in total. The van der Waals surface area contributed by atoms with Crippen LogP contribution in [0, 0.1) is 0 Å². The Bertz CT molecular complexity index is 2860. The smallest absolute Gasteiger partial charge is 0.336 e. The van der Waals surface area contributed by atoms with Crippen molar-refractivity contribution in [2.45, 2.75) is 12.8 Å². The van der Waals surface area contributed by atoms with Crippen LogP contribution in [0.15, 0.2) is 92.8 Å². The number of phenolic OH excluding ortho intramolecular Hbond substituents is 1. The van der Waals surface area contributed by atoms with Crippen LogP contribution in [-0.4, -0.2) is 103 Å². The fraction of sp³-hybridized carbons (Fsp3) is 0.262. The predicted molar refractivity (Wildman–Crippen MR) is 230 cm³/mol. The fourth-order valence-electron chi connectivity index (χ4n) is 6.76. The van der Waals surface area contributed by atoms with Gasteiger partial charge in [-0.2, -0.15) is 14.6 Å². The monoisotopic (exact) mass is 847 g/mol. The first kappa shape index (κ1) is 40.8. The molecular weight excluding hydrogens is 807 g/mol. The van der Waals surface area contributed by atoms with Gasteiger partial charge >= 0.3 is 5.97 Å². The van der Waals surface area contributed by atoms with Crippen molar-refractivity contribution in [2.24, 2.45) is 7.05 Å². The van der Waals surface area contributed by atoms with Gasteiger partial charge in [0.2, 0.25) is 11.8 Å². The van der Waals surface area contributed by atoms with Gasteiger partial charge in [0.05, 0.1) is 43.6 Å². The standard InChI is InChI=1S/C42H41N9O9S/c1-50-24-32-37(48-50)47-41(51-39(32)46-38(49-51)33-5-2-16-59-33)43-12-3-14-56-17-19-58-20-18-57-15-4-13-44-42(61)45-25-6-9-28(31(21-25)40(54)55)36-29-10-7-26(52)22-34(29)60-35-23-27(53)8-11-30(35)36/h2,5-11,16,21-24,52H,3-4,12-15,17-20H2,1H3,(H,54,55)(H,43,47,48)(H2,44,45,61). The average Bonchev–Trinajstić information content (AvgIpc) is 4.02. The highest BCUT2D eigenvalue weighted by atomic mass is 32.1. The van der Waals surface area contributed by atoms with Crippen molar-refractivity contribution in [3.05, 3.63) is 95.0 Å². The molecule has 0 saturated heterocycles. The number of carbonyl (C=O) groups is 1. The quantitative estimate of drug-likeness (QED) is 0.0369. The van der Waals surface area contributed by atoms with Gasteiger partial charge in [0.25, 0.3) is 0 Å². The van der Waals surface area contributed by atoms with Crippen molar-refractivity contribution in [3.63, 3.8) is 0 Å². The van der Waals surface area contributed by atoms with E-state index in [1.165, 1.54) is 30.3 Å². The second kappa shape index (κ2) is 18.6. The largest absolute Gasteiger partial charge is 0.508 e. The Morgan fingerprint density at radius 1 is 0.852 bits per heavy atom. The lowest BCUT2D eigenvalue weighted by atomic mass is 9.90. The molecular formula is C42H41N9O9S. The molecule has 18 nitrogen and oxygen atoms in total. The molecule has 0 amide bonds. The molecule has 1 aliphatic heterocycles. The van der Waals surface area contributed by atoms with Crippen molar-refractivity contribution in [1.82, 2.24) is 34.7 Å². The van der Waals surface area contributed by atoms with Crippen LogP contribution in [-0.2, 0) is 21.3 Å². The number of aryl methyl sites for hydroxylation is 1.